The molecule has 0 saturated heterocycles. The van der Waals surface area contributed by atoms with Gasteiger partial charge in [-0.3, -0.25) is 4.98 Å². The molecule has 0 bridgehead atoms. The largest absolute Gasteiger partial charge is 0.389 e. The number of aliphatic hydroxyl groups excluding tert-OH is 1. The van der Waals surface area contributed by atoms with Crippen LogP contribution in [-0.4, -0.2) is 29.9 Å². The molecule has 0 fully saturated rings. The number of nitrogens with zero attached hydrogens (tertiary/aromatic N) is 1. The Morgan fingerprint density at radius 3 is 2.36 bits per heavy atom. The Morgan fingerprint density at radius 2 is 1.68 bits per heavy atom. The summed E-state index contributed by atoms with van der Waals surface area (Å²) in [4.78, 5) is 4.10. The summed E-state index contributed by atoms with van der Waals surface area (Å²) in [5.74, 6) is 0. The number of benzene rings is 1. The van der Waals surface area contributed by atoms with Crippen molar-refractivity contribution in [3.8, 4) is 0 Å². The Morgan fingerprint density at radius 1 is 0.960 bits per heavy atom. The molecule has 0 aliphatic carbocycles. The summed E-state index contributed by atoms with van der Waals surface area (Å²) in [6, 6.07) is 12.2. The van der Waals surface area contributed by atoms with E-state index in [9.17, 15) is 5.11 Å². The van der Waals surface area contributed by atoms with Crippen molar-refractivity contribution in [3.63, 3.8) is 0 Å². The maximum atomic E-state index is 10.00. The monoisotopic (exact) mass is 337 g/mol. The SMILES string of the molecule is COCCCCCC(O)C=Cc1ccc(C=Cc2cccnc2)cc1. The average molecular weight is 337 g/mol. The minimum Gasteiger partial charge on any atom is -0.389 e. The number of rotatable bonds is 10. The molecule has 0 spiro atoms. The lowest BCUT2D eigenvalue weighted by Gasteiger charge is -2.05. The van der Waals surface area contributed by atoms with Crippen LogP contribution in [-0.2, 0) is 4.74 Å². The van der Waals surface area contributed by atoms with Crippen molar-refractivity contribution in [2.75, 3.05) is 13.7 Å². The van der Waals surface area contributed by atoms with E-state index in [-0.39, 0.29) is 6.10 Å². The topological polar surface area (TPSA) is 42.4 Å². The molecule has 3 heteroatoms. The van der Waals surface area contributed by atoms with Crippen molar-refractivity contribution >= 4 is 18.2 Å². The number of methoxy groups -OCH3 is 1. The van der Waals surface area contributed by atoms with Gasteiger partial charge in [0, 0.05) is 26.1 Å². The van der Waals surface area contributed by atoms with Crippen LogP contribution in [0.4, 0.5) is 0 Å². The van der Waals surface area contributed by atoms with E-state index >= 15 is 0 Å². The maximum Gasteiger partial charge on any atom is 0.0724 e. The van der Waals surface area contributed by atoms with Crippen molar-refractivity contribution in [3.05, 3.63) is 71.6 Å². The van der Waals surface area contributed by atoms with Crippen molar-refractivity contribution in [2.45, 2.75) is 31.8 Å². The highest BCUT2D eigenvalue weighted by Crippen LogP contribution is 2.12. The molecule has 1 aromatic carbocycles. The van der Waals surface area contributed by atoms with Crippen molar-refractivity contribution in [1.82, 2.24) is 4.98 Å². The zero-order chi connectivity index (χ0) is 17.7. The van der Waals surface area contributed by atoms with E-state index < -0.39 is 0 Å². The third-order valence-electron chi connectivity index (χ3n) is 3.95. The highest BCUT2D eigenvalue weighted by Gasteiger charge is 1.99. The van der Waals surface area contributed by atoms with Crippen LogP contribution in [0.3, 0.4) is 0 Å². The second-order valence-electron chi connectivity index (χ2n) is 6.05. The van der Waals surface area contributed by atoms with E-state index in [4.69, 9.17) is 4.74 Å². The quantitative estimate of drug-likeness (QED) is 0.631. The van der Waals surface area contributed by atoms with E-state index in [0.717, 1.165) is 49.0 Å². The minimum absolute atomic E-state index is 0.382. The van der Waals surface area contributed by atoms with Gasteiger partial charge in [0.1, 0.15) is 0 Å². The first-order valence-corrected chi connectivity index (χ1v) is 8.81. The normalized spacial score (nSPS) is 12.9. The predicted octanol–water partition coefficient (Wildman–Crippen LogP) is 4.83. The smallest absolute Gasteiger partial charge is 0.0724 e. The lowest BCUT2D eigenvalue weighted by molar-refractivity contribution is 0.184. The third kappa shape index (κ3) is 7.92. The Balaban J connectivity index is 1.78. The molecule has 25 heavy (non-hydrogen) atoms. The second-order valence-corrected chi connectivity index (χ2v) is 6.05. The highest BCUT2D eigenvalue weighted by atomic mass is 16.5. The first-order valence-electron chi connectivity index (χ1n) is 8.81. The van der Waals surface area contributed by atoms with Gasteiger partial charge in [-0.2, -0.15) is 0 Å². The summed E-state index contributed by atoms with van der Waals surface area (Å²) >= 11 is 0. The molecule has 3 nitrogen and oxygen atoms in total. The van der Waals surface area contributed by atoms with Gasteiger partial charge in [0.25, 0.3) is 0 Å². The van der Waals surface area contributed by atoms with Crippen LogP contribution in [0.25, 0.3) is 18.2 Å². The molecule has 0 amide bonds. The molecule has 1 atom stereocenters. The van der Waals surface area contributed by atoms with Crippen LogP contribution in [0.15, 0.2) is 54.9 Å². The Bertz CT molecular complexity index is 647. The van der Waals surface area contributed by atoms with Crippen LogP contribution >= 0.6 is 0 Å². The Kier molecular flexibility index (Phi) is 8.67. The van der Waals surface area contributed by atoms with Crippen LogP contribution in [0.2, 0.25) is 0 Å². The molecule has 1 N–H and O–H groups in total. The average Bonchev–Trinajstić information content (AvgIpc) is 2.66. The summed E-state index contributed by atoms with van der Waals surface area (Å²) in [6.07, 6.45) is 15.2. The van der Waals surface area contributed by atoms with Crippen LogP contribution in [0.5, 0.6) is 0 Å². The summed E-state index contributed by atoms with van der Waals surface area (Å²) < 4.78 is 5.02. The molecule has 0 aliphatic heterocycles. The Hall–Kier alpha value is -2.23. The molecule has 132 valence electrons. The van der Waals surface area contributed by atoms with Gasteiger partial charge in [-0.05, 0) is 35.6 Å². The number of aromatic nitrogens is 1. The molecular formula is C22H27NO2. The van der Waals surface area contributed by atoms with E-state index in [0.29, 0.717) is 0 Å². The molecule has 0 aliphatic rings. The Labute approximate surface area is 150 Å². The molecule has 1 heterocycles. The predicted molar refractivity (Wildman–Crippen MR) is 105 cm³/mol. The molecule has 0 saturated carbocycles. The molecule has 2 aromatic rings. The summed E-state index contributed by atoms with van der Waals surface area (Å²) in [7, 11) is 1.72. The van der Waals surface area contributed by atoms with Crippen molar-refractivity contribution in [1.29, 1.82) is 0 Å². The summed E-state index contributed by atoms with van der Waals surface area (Å²) in [5, 5.41) is 10.00. The lowest BCUT2D eigenvalue weighted by Crippen LogP contribution is -2.01. The highest BCUT2D eigenvalue weighted by molar-refractivity contribution is 5.69. The third-order valence-corrected chi connectivity index (χ3v) is 3.95. The number of pyridine rings is 1. The van der Waals surface area contributed by atoms with Gasteiger partial charge in [0.15, 0.2) is 0 Å². The van der Waals surface area contributed by atoms with Gasteiger partial charge in [0.2, 0.25) is 0 Å². The molecular weight excluding hydrogens is 310 g/mol. The zero-order valence-corrected chi connectivity index (χ0v) is 14.8. The van der Waals surface area contributed by atoms with Crippen molar-refractivity contribution < 1.29 is 9.84 Å². The van der Waals surface area contributed by atoms with Crippen LogP contribution in [0, 0.1) is 0 Å². The standard InChI is InChI=1S/C22H27NO2/c1-25-17-4-2-3-7-22(24)15-14-20-10-8-19(9-11-20)12-13-21-6-5-16-23-18-21/h5-6,8-16,18,22,24H,2-4,7,17H2,1H3. The van der Waals surface area contributed by atoms with E-state index in [1.54, 1.807) is 13.3 Å². The van der Waals surface area contributed by atoms with E-state index in [2.05, 4.69) is 35.3 Å². The second kappa shape index (κ2) is 11.3. The number of hydrogen-bond donors (Lipinski definition) is 1. The fourth-order valence-corrected chi connectivity index (χ4v) is 2.48. The van der Waals surface area contributed by atoms with Crippen LogP contribution < -0.4 is 0 Å². The molecule has 2 rings (SSSR count). The number of hydrogen-bond acceptors (Lipinski definition) is 3. The van der Waals surface area contributed by atoms with Gasteiger partial charge in [-0.1, -0.05) is 67.5 Å². The fraction of sp³-hybridized carbons (Fsp3) is 0.318. The fourth-order valence-electron chi connectivity index (χ4n) is 2.48. The first kappa shape index (κ1) is 19.1. The van der Waals surface area contributed by atoms with Gasteiger partial charge in [0.05, 0.1) is 6.10 Å². The van der Waals surface area contributed by atoms with Gasteiger partial charge >= 0.3 is 0 Å². The molecule has 0 radical (unpaired) electrons. The van der Waals surface area contributed by atoms with Gasteiger partial charge in [-0.15, -0.1) is 0 Å². The first-order chi connectivity index (χ1) is 12.3. The van der Waals surface area contributed by atoms with Gasteiger partial charge in [-0.25, -0.2) is 0 Å². The summed E-state index contributed by atoms with van der Waals surface area (Å²) in [6.45, 7) is 0.799. The van der Waals surface area contributed by atoms with Crippen molar-refractivity contribution in [2.24, 2.45) is 0 Å². The minimum atomic E-state index is -0.382. The van der Waals surface area contributed by atoms with Gasteiger partial charge < -0.3 is 9.84 Å². The number of aliphatic hydroxyl groups is 1. The molecule has 1 aromatic heterocycles. The lowest BCUT2D eigenvalue weighted by atomic mass is 10.1. The zero-order valence-electron chi connectivity index (χ0n) is 14.8. The molecule has 1 unspecified atom stereocenters. The van der Waals surface area contributed by atoms with Crippen LogP contribution in [0.1, 0.15) is 42.4 Å². The number of ether oxygens (including phenoxy) is 1. The maximum absolute atomic E-state index is 10.00. The number of unbranched alkanes of at least 4 members (excludes halogenated alkanes) is 2. The van der Waals surface area contributed by atoms with E-state index in [1.807, 2.05) is 36.6 Å². The summed E-state index contributed by atoms with van der Waals surface area (Å²) in [5.41, 5.74) is 3.32. The van der Waals surface area contributed by atoms with E-state index in [1.165, 1.54) is 0 Å².